The fourth-order valence-corrected chi connectivity index (χ4v) is 1.63. The van der Waals surface area contributed by atoms with E-state index in [1.165, 1.54) is 12.8 Å². The molecule has 16 heavy (non-hydrogen) atoms. The van der Waals surface area contributed by atoms with E-state index in [4.69, 9.17) is 4.74 Å². The summed E-state index contributed by atoms with van der Waals surface area (Å²) in [5, 5.41) is 2.91. The van der Waals surface area contributed by atoms with Crippen molar-refractivity contribution in [1.82, 2.24) is 15.0 Å². The van der Waals surface area contributed by atoms with E-state index in [1.54, 1.807) is 14.2 Å². The number of aromatic nitrogens is 3. The first-order valence-electron chi connectivity index (χ1n) is 5.53. The van der Waals surface area contributed by atoms with Gasteiger partial charge in [-0.2, -0.15) is 15.0 Å². The zero-order valence-corrected chi connectivity index (χ0v) is 9.90. The van der Waals surface area contributed by atoms with E-state index in [2.05, 4.69) is 32.1 Å². The Balaban J connectivity index is 2.30. The molecule has 1 aliphatic rings. The second kappa shape index (κ2) is 4.51. The Bertz CT molecular complexity index is 344. The molecule has 0 radical (unpaired) electrons. The molecule has 6 heteroatoms. The van der Waals surface area contributed by atoms with Gasteiger partial charge in [-0.15, -0.1) is 0 Å². The first-order valence-corrected chi connectivity index (χ1v) is 5.53. The molecule has 0 bridgehead atoms. The highest BCUT2D eigenvalue weighted by atomic mass is 16.5. The van der Waals surface area contributed by atoms with E-state index in [-0.39, 0.29) is 0 Å². The number of nitrogens with zero attached hydrogens (tertiary/aromatic N) is 4. The van der Waals surface area contributed by atoms with Gasteiger partial charge >= 0.3 is 6.01 Å². The van der Waals surface area contributed by atoms with Crippen molar-refractivity contribution in [2.45, 2.75) is 25.8 Å². The van der Waals surface area contributed by atoms with Gasteiger partial charge in [0.1, 0.15) is 0 Å². The molecule has 0 saturated heterocycles. The molecule has 0 atom stereocenters. The molecule has 88 valence electrons. The maximum Gasteiger partial charge on any atom is 0.322 e. The van der Waals surface area contributed by atoms with Crippen molar-refractivity contribution in [2.24, 2.45) is 0 Å². The number of nitrogens with one attached hydrogen (secondary N) is 1. The lowest BCUT2D eigenvalue weighted by molar-refractivity contribution is 0.378. The standard InChI is InChI=1S/C10H17N5O/c1-4-15(7-5-6-7)9-12-8(11-2)13-10(14-9)16-3/h7H,4-6H2,1-3H3,(H,11,12,13,14). The van der Waals surface area contributed by atoms with Crippen LogP contribution in [0.2, 0.25) is 0 Å². The van der Waals surface area contributed by atoms with Gasteiger partial charge < -0.3 is 15.0 Å². The molecule has 0 spiro atoms. The maximum atomic E-state index is 5.06. The minimum Gasteiger partial charge on any atom is -0.467 e. The lowest BCUT2D eigenvalue weighted by Gasteiger charge is -2.20. The molecule has 1 aliphatic carbocycles. The van der Waals surface area contributed by atoms with Crippen LogP contribution in [-0.4, -0.2) is 41.7 Å². The topological polar surface area (TPSA) is 63.2 Å². The zero-order valence-electron chi connectivity index (χ0n) is 9.90. The van der Waals surface area contributed by atoms with Crippen LogP contribution in [0.3, 0.4) is 0 Å². The molecule has 1 saturated carbocycles. The van der Waals surface area contributed by atoms with Crippen LogP contribution in [0, 0.1) is 0 Å². The first kappa shape index (κ1) is 10.9. The normalized spacial score (nSPS) is 14.7. The summed E-state index contributed by atoms with van der Waals surface area (Å²) in [6, 6.07) is 0.940. The van der Waals surface area contributed by atoms with E-state index in [9.17, 15) is 0 Å². The van der Waals surface area contributed by atoms with Gasteiger partial charge in [0.05, 0.1) is 7.11 Å². The smallest absolute Gasteiger partial charge is 0.322 e. The largest absolute Gasteiger partial charge is 0.467 e. The van der Waals surface area contributed by atoms with Gasteiger partial charge in [0.2, 0.25) is 11.9 Å². The highest BCUT2D eigenvalue weighted by Gasteiger charge is 2.30. The third-order valence-electron chi connectivity index (χ3n) is 2.59. The van der Waals surface area contributed by atoms with Crippen molar-refractivity contribution in [3.8, 4) is 6.01 Å². The van der Waals surface area contributed by atoms with Crippen LogP contribution in [-0.2, 0) is 0 Å². The molecule has 0 amide bonds. The summed E-state index contributed by atoms with van der Waals surface area (Å²) in [6.45, 7) is 3.01. The molecule has 2 rings (SSSR count). The molecule has 1 N–H and O–H groups in total. The molecule has 1 aromatic heterocycles. The van der Waals surface area contributed by atoms with Crippen molar-refractivity contribution >= 4 is 11.9 Å². The molecular weight excluding hydrogens is 206 g/mol. The van der Waals surface area contributed by atoms with Gasteiger partial charge in [-0.05, 0) is 19.8 Å². The van der Waals surface area contributed by atoms with Crippen molar-refractivity contribution in [3.63, 3.8) is 0 Å². The summed E-state index contributed by atoms with van der Waals surface area (Å²) in [7, 11) is 3.35. The molecule has 6 nitrogen and oxygen atoms in total. The summed E-state index contributed by atoms with van der Waals surface area (Å²) in [6.07, 6.45) is 2.44. The molecule has 1 aromatic rings. The maximum absolute atomic E-state index is 5.06. The third kappa shape index (κ3) is 2.15. The molecule has 1 heterocycles. The van der Waals surface area contributed by atoms with Crippen molar-refractivity contribution in [3.05, 3.63) is 0 Å². The Hall–Kier alpha value is -1.59. The Labute approximate surface area is 95.1 Å². The Morgan fingerprint density at radius 2 is 2.12 bits per heavy atom. The third-order valence-corrected chi connectivity index (χ3v) is 2.59. The Kier molecular flexibility index (Phi) is 3.07. The number of rotatable bonds is 5. The van der Waals surface area contributed by atoms with Crippen LogP contribution in [0.1, 0.15) is 19.8 Å². The molecule has 1 fully saturated rings. The minimum atomic E-state index is 0.355. The van der Waals surface area contributed by atoms with Crippen LogP contribution in [0.4, 0.5) is 11.9 Å². The van der Waals surface area contributed by atoms with Crippen molar-refractivity contribution in [2.75, 3.05) is 30.9 Å². The second-order valence-corrected chi connectivity index (χ2v) is 3.71. The van der Waals surface area contributed by atoms with Gasteiger partial charge in [-0.3, -0.25) is 0 Å². The number of hydrogen-bond acceptors (Lipinski definition) is 6. The summed E-state index contributed by atoms with van der Waals surface area (Å²) in [5.41, 5.74) is 0. The first-order chi connectivity index (χ1) is 7.78. The second-order valence-electron chi connectivity index (χ2n) is 3.71. The summed E-state index contributed by atoms with van der Waals surface area (Å²) >= 11 is 0. The van der Waals surface area contributed by atoms with Crippen molar-refractivity contribution < 1.29 is 4.74 Å². The number of anilines is 2. The highest BCUT2D eigenvalue weighted by Crippen LogP contribution is 2.30. The summed E-state index contributed by atoms with van der Waals surface area (Å²) < 4.78 is 5.06. The van der Waals surface area contributed by atoms with Gasteiger partial charge in [0, 0.05) is 19.6 Å². The molecule has 0 aromatic carbocycles. The van der Waals surface area contributed by atoms with Gasteiger partial charge in [-0.1, -0.05) is 0 Å². The number of hydrogen-bond donors (Lipinski definition) is 1. The van der Waals surface area contributed by atoms with E-state index >= 15 is 0 Å². The van der Waals surface area contributed by atoms with Crippen LogP contribution in [0.5, 0.6) is 6.01 Å². The van der Waals surface area contributed by atoms with Crippen LogP contribution in [0.15, 0.2) is 0 Å². The number of ether oxygens (including phenoxy) is 1. The monoisotopic (exact) mass is 223 g/mol. The predicted octanol–water partition coefficient (Wildman–Crippen LogP) is 0.911. The average Bonchev–Trinajstić information content (AvgIpc) is 3.14. The fourth-order valence-electron chi connectivity index (χ4n) is 1.63. The Morgan fingerprint density at radius 3 is 2.62 bits per heavy atom. The van der Waals surface area contributed by atoms with E-state index < -0.39 is 0 Å². The van der Waals surface area contributed by atoms with Crippen LogP contribution < -0.4 is 15.0 Å². The van der Waals surface area contributed by atoms with E-state index in [1.807, 2.05) is 0 Å². The van der Waals surface area contributed by atoms with Crippen LogP contribution >= 0.6 is 0 Å². The molecular formula is C10H17N5O. The Morgan fingerprint density at radius 1 is 1.38 bits per heavy atom. The van der Waals surface area contributed by atoms with E-state index in [0.717, 1.165) is 6.54 Å². The lowest BCUT2D eigenvalue weighted by Crippen LogP contribution is -2.27. The highest BCUT2D eigenvalue weighted by molar-refractivity contribution is 5.40. The predicted molar refractivity (Wildman–Crippen MR) is 62.0 cm³/mol. The van der Waals surface area contributed by atoms with Crippen LogP contribution in [0.25, 0.3) is 0 Å². The zero-order chi connectivity index (χ0) is 11.5. The molecule has 0 unspecified atom stereocenters. The van der Waals surface area contributed by atoms with Gasteiger partial charge in [-0.25, -0.2) is 0 Å². The van der Waals surface area contributed by atoms with Gasteiger partial charge in [0.25, 0.3) is 0 Å². The minimum absolute atomic E-state index is 0.355. The average molecular weight is 223 g/mol. The fraction of sp³-hybridized carbons (Fsp3) is 0.700. The SMILES string of the molecule is CCN(c1nc(NC)nc(OC)n1)C1CC1. The lowest BCUT2D eigenvalue weighted by atomic mass is 10.5. The van der Waals surface area contributed by atoms with E-state index in [0.29, 0.717) is 23.9 Å². The van der Waals surface area contributed by atoms with Crippen molar-refractivity contribution in [1.29, 1.82) is 0 Å². The quantitative estimate of drug-likeness (QED) is 0.800. The number of methoxy groups -OCH3 is 1. The summed E-state index contributed by atoms with van der Waals surface area (Å²) in [4.78, 5) is 14.9. The van der Waals surface area contributed by atoms with Gasteiger partial charge in [0.15, 0.2) is 0 Å². The summed E-state index contributed by atoms with van der Waals surface area (Å²) in [5.74, 6) is 1.24. The molecule has 0 aliphatic heterocycles.